The molecule has 2 rings (SSSR count). The highest BCUT2D eigenvalue weighted by atomic mass is 35.5. The average Bonchev–Trinajstić information content (AvgIpc) is 2.38. The predicted molar refractivity (Wildman–Crippen MR) is 79.6 cm³/mol. The Morgan fingerprint density at radius 1 is 1.40 bits per heavy atom. The average molecular weight is 293 g/mol. The smallest absolute Gasteiger partial charge is 0.313 e. The van der Waals surface area contributed by atoms with Crippen LogP contribution in [0.4, 0.5) is 0 Å². The van der Waals surface area contributed by atoms with E-state index in [1.165, 1.54) is 0 Å². The summed E-state index contributed by atoms with van der Waals surface area (Å²) in [6.45, 7) is 6.65. The monoisotopic (exact) mass is 292 g/mol. The maximum Gasteiger partial charge on any atom is 0.313 e. The van der Waals surface area contributed by atoms with Gasteiger partial charge in [0.25, 0.3) is 5.88 Å². The fourth-order valence-electron chi connectivity index (χ4n) is 1.83. The minimum absolute atomic E-state index is 0.0423. The number of hydrogen-bond acceptors (Lipinski definition) is 3. The van der Waals surface area contributed by atoms with Gasteiger partial charge in [-0.1, -0.05) is 31.5 Å². The van der Waals surface area contributed by atoms with E-state index in [9.17, 15) is 4.79 Å². The Morgan fingerprint density at radius 3 is 2.85 bits per heavy atom. The largest absolute Gasteiger partial charge is 0.433 e. The molecule has 2 aromatic rings. The van der Waals surface area contributed by atoms with Crippen molar-refractivity contribution in [3.05, 3.63) is 51.5 Å². The molecule has 20 heavy (non-hydrogen) atoms. The number of aryl methyl sites for hydroxylation is 1. The second kappa shape index (κ2) is 6.09. The second-order valence-corrected chi connectivity index (χ2v) is 5.53. The Kier molecular flexibility index (Phi) is 4.45. The molecule has 1 heterocycles. The third kappa shape index (κ3) is 3.39. The molecule has 0 unspecified atom stereocenters. The quantitative estimate of drug-likeness (QED) is 0.864. The molecule has 0 N–H and O–H groups in total. The van der Waals surface area contributed by atoms with Gasteiger partial charge in [0, 0.05) is 18.9 Å². The second-order valence-electron chi connectivity index (χ2n) is 5.12. The summed E-state index contributed by atoms with van der Waals surface area (Å²) in [5.74, 6) is 0.852. The van der Waals surface area contributed by atoms with Crippen molar-refractivity contribution in [1.82, 2.24) is 9.55 Å². The van der Waals surface area contributed by atoms with E-state index < -0.39 is 0 Å². The van der Waals surface area contributed by atoms with E-state index in [1.54, 1.807) is 29.1 Å². The molecule has 0 amide bonds. The topological polar surface area (TPSA) is 44.1 Å². The first-order chi connectivity index (χ1) is 9.47. The summed E-state index contributed by atoms with van der Waals surface area (Å²) in [5, 5.41) is 0.455. The zero-order chi connectivity index (χ0) is 14.7. The Morgan fingerprint density at radius 2 is 2.15 bits per heavy atom. The van der Waals surface area contributed by atoms with Crippen molar-refractivity contribution in [3.63, 3.8) is 0 Å². The van der Waals surface area contributed by atoms with Gasteiger partial charge >= 0.3 is 5.56 Å². The van der Waals surface area contributed by atoms with E-state index in [4.69, 9.17) is 16.3 Å². The highest BCUT2D eigenvalue weighted by Gasteiger charge is 2.10. The molecule has 0 saturated heterocycles. The molecule has 0 saturated carbocycles. The van der Waals surface area contributed by atoms with E-state index in [-0.39, 0.29) is 11.4 Å². The summed E-state index contributed by atoms with van der Waals surface area (Å²) < 4.78 is 7.16. The van der Waals surface area contributed by atoms with Crippen LogP contribution in [0.15, 0.2) is 35.4 Å². The van der Waals surface area contributed by atoms with Crippen molar-refractivity contribution in [2.24, 2.45) is 5.92 Å². The van der Waals surface area contributed by atoms with Crippen LogP contribution in [0, 0.1) is 12.8 Å². The van der Waals surface area contributed by atoms with E-state index in [0.717, 1.165) is 5.56 Å². The molecule has 0 fully saturated rings. The third-order valence-corrected chi connectivity index (χ3v) is 3.05. The molecule has 0 spiro atoms. The van der Waals surface area contributed by atoms with Crippen LogP contribution in [0.3, 0.4) is 0 Å². The lowest BCUT2D eigenvalue weighted by Crippen LogP contribution is -2.23. The molecule has 1 aromatic carbocycles. The lowest BCUT2D eigenvalue weighted by atomic mass is 10.2. The van der Waals surface area contributed by atoms with Crippen LogP contribution in [0.2, 0.25) is 5.02 Å². The van der Waals surface area contributed by atoms with Gasteiger partial charge in [-0.05, 0) is 30.5 Å². The van der Waals surface area contributed by atoms with Crippen LogP contribution in [0.5, 0.6) is 11.6 Å². The summed E-state index contributed by atoms with van der Waals surface area (Å²) in [4.78, 5) is 16.2. The molecular weight excluding hydrogens is 276 g/mol. The molecule has 0 bridgehead atoms. The van der Waals surface area contributed by atoms with Gasteiger partial charge in [-0.15, -0.1) is 0 Å². The Balaban J connectivity index is 2.34. The Bertz CT molecular complexity index is 665. The SMILES string of the molecule is Cc1ccc(Cl)c(Oc2nccn(CC(C)C)c2=O)c1. The lowest BCUT2D eigenvalue weighted by Gasteiger charge is -2.11. The fourth-order valence-corrected chi connectivity index (χ4v) is 1.98. The van der Waals surface area contributed by atoms with Crippen molar-refractivity contribution in [1.29, 1.82) is 0 Å². The lowest BCUT2D eigenvalue weighted by molar-refractivity contribution is 0.432. The molecule has 0 radical (unpaired) electrons. The number of benzene rings is 1. The molecule has 1 aromatic heterocycles. The van der Waals surface area contributed by atoms with Gasteiger partial charge in [-0.3, -0.25) is 4.79 Å². The van der Waals surface area contributed by atoms with Gasteiger partial charge in [0.15, 0.2) is 0 Å². The summed E-state index contributed by atoms with van der Waals surface area (Å²) in [5.41, 5.74) is 0.751. The summed E-state index contributed by atoms with van der Waals surface area (Å²) in [7, 11) is 0. The molecule has 0 aliphatic heterocycles. The molecule has 0 aliphatic rings. The highest BCUT2D eigenvalue weighted by Crippen LogP contribution is 2.27. The van der Waals surface area contributed by atoms with Gasteiger partial charge < -0.3 is 9.30 Å². The van der Waals surface area contributed by atoms with Gasteiger partial charge in [-0.2, -0.15) is 0 Å². The molecular formula is C15H17ClN2O2. The first-order valence-electron chi connectivity index (χ1n) is 6.47. The van der Waals surface area contributed by atoms with E-state index >= 15 is 0 Å². The summed E-state index contributed by atoms with van der Waals surface area (Å²) in [6, 6.07) is 5.40. The number of halogens is 1. The first-order valence-corrected chi connectivity index (χ1v) is 6.84. The Labute approximate surface area is 123 Å². The van der Waals surface area contributed by atoms with Crippen molar-refractivity contribution in [3.8, 4) is 11.6 Å². The molecule has 4 nitrogen and oxygen atoms in total. The molecule has 106 valence electrons. The summed E-state index contributed by atoms with van der Waals surface area (Å²) in [6.07, 6.45) is 3.22. The van der Waals surface area contributed by atoms with E-state index in [1.807, 2.05) is 26.8 Å². The normalized spacial score (nSPS) is 10.8. The van der Waals surface area contributed by atoms with Gasteiger partial charge in [-0.25, -0.2) is 4.98 Å². The minimum Gasteiger partial charge on any atom is -0.433 e. The zero-order valence-corrected chi connectivity index (χ0v) is 12.5. The number of rotatable bonds is 4. The van der Waals surface area contributed by atoms with Crippen LogP contribution in [-0.2, 0) is 6.54 Å². The van der Waals surface area contributed by atoms with Crippen LogP contribution >= 0.6 is 11.6 Å². The van der Waals surface area contributed by atoms with E-state index in [2.05, 4.69) is 4.98 Å². The fraction of sp³-hybridized carbons (Fsp3) is 0.333. The number of hydrogen-bond donors (Lipinski definition) is 0. The molecule has 0 aliphatic carbocycles. The maximum absolute atomic E-state index is 12.2. The molecule has 5 heteroatoms. The predicted octanol–water partition coefficient (Wildman–Crippen LogP) is 3.65. The van der Waals surface area contributed by atoms with E-state index in [0.29, 0.717) is 23.2 Å². The third-order valence-electron chi connectivity index (χ3n) is 2.74. The number of nitrogens with zero attached hydrogens (tertiary/aromatic N) is 2. The van der Waals surface area contributed by atoms with Crippen molar-refractivity contribution in [2.75, 3.05) is 0 Å². The number of aromatic nitrogens is 2. The zero-order valence-electron chi connectivity index (χ0n) is 11.8. The van der Waals surface area contributed by atoms with Crippen LogP contribution < -0.4 is 10.3 Å². The van der Waals surface area contributed by atoms with Crippen molar-refractivity contribution < 1.29 is 4.74 Å². The first kappa shape index (κ1) is 14.6. The van der Waals surface area contributed by atoms with Gasteiger partial charge in [0.2, 0.25) is 0 Å². The van der Waals surface area contributed by atoms with Gasteiger partial charge in [0.05, 0.1) is 5.02 Å². The number of ether oxygens (including phenoxy) is 1. The maximum atomic E-state index is 12.2. The van der Waals surface area contributed by atoms with Crippen molar-refractivity contribution in [2.45, 2.75) is 27.3 Å². The van der Waals surface area contributed by atoms with Crippen molar-refractivity contribution >= 4 is 11.6 Å². The van der Waals surface area contributed by atoms with Crippen LogP contribution in [0.25, 0.3) is 0 Å². The summed E-state index contributed by atoms with van der Waals surface area (Å²) >= 11 is 6.06. The van der Waals surface area contributed by atoms with Gasteiger partial charge in [0.1, 0.15) is 5.75 Å². The minimum atomic E-state index is -0.251. The van der Waals surface area contributed by atoms with Crippen LogP contribution in [0.1, 0.15) is 19.4 Å². The highest BCUT2D eigenvalue weighted by molar-refractivity contribution is 6.32. The standard InChI is InChI=1S/C15H17ClN2O2/c1-10(2)9-18-7-6-17-14(15(18)19)20-13-8-11(3)4-5-12(13)16/h4-8,10H,9H2,1-3H3. The van der Waals surface area contributed by atoms with Crippen LogP contribution in [-0.4, -0.2) is 9.55 Å². The Hall–Kier alpha value is -1.81. The molecule has 0 atom stereocenters.